The number of carbonyl (C=O) groups is 1. The van der Waals surface area contributed by atoms with E-state index in [0.29, 0.717) is 0 Å². The number of aliphatic hydroxyl groups excluding tert-OH is 1. The number of benzene rings is 2. The van der Waals surface area contributed by atoms with Crippen molar-refractivity contribution in [1.82, 2.24) is 0 Å². The predicted octanol–water partition coefficient (Wildman–Crippen LogP) is 1.19. The van der Waals surface area contributed by atoms with Crippen molar-refractivity contribution in [3.63, 3.8) is 0 Å². The largest absolute Gasteiger partial charge is 0.508 e. The molecule has 1 aliphatic rings. The third-order valence-electron chi connectivity index (χ3n) is 3.44. The average Bonchev–Trinajstić information content (AvgIpc) is 2.45. The Kier molecular flexibility index (Phi) is 3.07. The van der Waals surface area contributed by atoms with Gasteiger partial charge in [0.2, 0.25) is 5.78 Å². The number of fused-ring (bicyclic) bond motifs is 1. The number of aromatic hydroxyl groups is 4. The Labute approximate surface area is 124 Å². The fourth-order valence-corrected chi connectivity index (χ4v) is 2.42. The van der Waals surface area contributed by atoms with Crippen molar-refractivity contribution in [3.05, 3.63) is 41.5 Å². The first-order valence-corrected chi connectivity index (χ1v) is 6.35. The SMILES string of the molecule is O=C1c2c(O)cc(O)cc2OC(c2cc(O)ccc2O)C1O. The molecule has 5 N–H and O–H groups in total. The second-order valence-corrected chi connectivity index (χ2v) is 4.93. The Hall–Kier alpha value is -2.93. The van der Waals surface area contributed by atoms with Crippen LogP contribution in [0.5, 0.6) is 28.7 Å². The molecule has 2 aromatic carbocycles. The number of Topliss-reactive ketones (excluding diaryl/α,β-unsaturated/α-hetero) is 1. The smallest absolute Gasteiger partial charge is 0.202 e. The van der Waals surface area contributed by atoms with E-state index >= 15 is 0 Å². The van der Waals surface area contributed by atoms with E-state index < -0.39 is 23.7 Å². The van der Waals surface area contributed by atoms with Gasteiger partial charge in [-0.25, -0.2) is 0 Å². The fourth-order valence-electron chi connectivity index (χ4n) is 2.42. The molecule has 114 valence electrons. The van der Waals surface area contributed by atoms with Crippen LogP contribution in [0.4, 0.5) is 0 Å². The third kappa shape index (κ3) is 2.08. The minimum absolute atomic E-state index is 0.00864. The minimum Gasteiger partial charge on any atom is -0.508 e. The summed E-state index contributed by atoms with van der Waals surface area (Å²) in [6.07, 6.45) is -2.97. The summed E-state index contributed by atoms with van der Waals surface area (Å²) in [6.45, 7) is 0. The van der Waals surface area contributed by atoms with Crippen molar-refractivity contribution in [2.24, 2.45) is 0 Å². The summed E-state index contributed by atoms with van der Waals surface area (Å²) in [4.78, 5) is 12.2. The predicted molar refractivity (Wildman–Crippen MR) is 73.2 cm³/mol. The van der Waals surface area contributed by atoms with E-state index in [0.717, 1.165) is 18.2 Å². The molecule has 2 aromatic rings. The molecule has 2 atom stereocenters. The Bertz CT molecular complexity index is 769. The van der Waals surface area contributed by atoms with Crippen LogP contribution in [0.3, 0.4) is 0 Å². The summed E-state index contributed by atoms with van der Waals surface area (Å²) in [5, 5.41) is 48.6. The lowest BCUT2D eigenvalue weighted by Crippen LogP contribution is -2.36. The maximum Gasteiger partial charge on any atom is 0.202 e. The molecule has 22 heavy (non-hydrogen) atoms. The van der Waals surface area contributed by atoms with Gasteiger partial charge in [0, 0.05) is 17.7 Å². The van der Waals surface area contributed by atoms with E-state index in [1.54, 1.807) is 0 Å². The van der Waals surface area contributed by atoms with Gasteiger partial charge in [-0.3, -0.25) is 4.79 Å². The number of ketones is 1. The van der Waals surface area contributed by atoms with Crippen molar-refractivity contribution in [3.8, 4) is 28.7 Å². The lowest BCUT2D eigenvalue weighted by molar-refractivity contribution is 0.0202. The van der Waals surface area contributed by atoms with Crippen LogP contribution in [0.1, 0.15) is 22.0 Å². The number of phenolic OH excluding ortho intramolecular Hbond substituents is 4. The number of rotatable bonds is 1. The van der Waals surface area contributed by atoms with E-state index in [1.165, 1.54) is 12.1 Å². The van der Waals surface area contributed by atoms with Gasteiger partial charge >= 0.3 is 0 Å². The zero-order chi connectivity index (χ0) is 16.0. The minimum atomic E-state index is -1.68. The molecule has 3 rings (SSSR count). The van der Waals surface area contributed by atoms with Crippen molar-refractivity contribution in [2.45, 2.75) is 12.2 Å². The average molecular weight is 304 g/mol. The summed E-state index contributed by atoms with van der Waals surface area (Å²) in [7, 11) is 0. The second-order valence-electron chi connectivity index (χ2n) is 4.93. The highest BCUT2D eigenvalue weighted by Gasteiger charge is 2.40. The molecular weight excluding hydrogens is 292 g/mol. The molecule has 0 fully saturated rings. The number of hydrogen-bond donors (Lipinski definition) is 5. The van der Waals surface area contributed by atoms with Gasteiger partial charge in [0.15, 0.2) is 12.2 Å². The molecule has 2 unspecified atom stereocenters. The maximum atomic E-state index is 12.2. The van der Waals surface area contributed by atoms with Crippen LogP contribution in [0.15, 0.2) is 30.3 Å². The van der Waals surface area contributed by atoms with Crippen molar-refractivity contribution in [1.29, 1.82) is 0 Å². The number of hydrogen-bond acceptors (Lipinski definition) is 7. The van der Waals surface area contributed by atoms with E-state index in [-0.39, 0.29) is 34.1 Å². The van der Waals surface area contributed by atoms with Crippen LogP contribution in [-0.4, -0.2) is 37.4 Å². The molecule has 0 aliphatic carbocycles. The van der Waals surface area contributed by atoms with Gasteiger partial charge in [-0.2, -0.15) is 0 Å². The summed E-state index contributed by atoms with van der Waals surface area (Å²) >= 11 is 0. The van der Waals surface area contributed by atoms with E-state index in [9.17, 15) is 30.3 Å². The van der Waals surface area contributed by atoms with Crippen LogP contribution in [-0.2, 0) is 0 Å². The van der Waals surface area contributed by atoms with Gasteiger partial charge in [-0.05, 0) is 18.2 Å². The number of phenols is 4. The summed E-state index contributed by atoms with van der Waals surface area (Å²) in [5.74, 6) is -2.23. The van der Waals surface area contributed by atoms with Crippen LogP contribution in [0, 0.1) is 0 Å². The van der Waals surface area contributed by atoms with Gasteiger partial charge in [-0.1, -0.05) is 0 Å². The zero-order valence-electron chi connectivity index (χ0n) is 11.1. The first-order chi connectivity index (χ1) is 10.4. The third-order valence-corrected chi connectivity index (χ3v) is 3.44. The summed E-state index contributed by atoms with van der Waals surface area (Å²) < 4.78 is 5.44. The standard InChI is InChI=1S/C15H12O7/c16-6-1-2-9(18)8(3-6)15-14(21)13(20)12-10(19)4-7(17)5-11(12)22-15/h1-5,14-19,21H. The lowest BCUT2D eigenvalue weighted by atomic mass is 9.92. The molecule has 0 amide bonds. The Morgan fingerprint density at radius 2 is 1.64 bits per heavy atom. The molecule has 0 spiro atoms. The van der Waals surface area contributed by atoms with Crippen molar-refractivity contribution < 1.29 is 35.1 Å². The van der Waals surface area contributed by atoms with Crippen LogP contribution < -0.4 is 4.74 Å². The molecule has 7 heteroatoms. The topological polar surface area (TPSA) is 127 Å². The molecule has 0 saturated carbocycles. The maximum absolute atomic E-state index is 12.2. The highest BCUT2D eigenvalue weighted by Crippen LogP contribution is 2.43. The highest BCUT2D eigenvalue weighted by atomic mass is 16.5. The zero-order valence-corrected chi connectivity index (χ0v) is 11.1. The van der Waals surface area contributed by atoms with Crippen LogP contribution in [0.25, 0.3) is 0 Å². The Morgan fingerprint density at radius 1 is 0.909 bits per heavy atom. The normalized spacial score (nSPS) is 20.3. The van der Waals surface area contributed by atoms with Gasteiger partial charge in [0.05, 0.1) is 0 Å². The van der Waals surface area contributed by atoms with E-state index in [1.807, 2.05) is 0 Å². The molecule has 0 saturated heterocycles. The number of ether oxygens (including phenoxy) is 1. The number of aliphatic hydroxyl groups is 1. The number of carbonyl (C=O) groups excluding carboxylic acids is 1. The summed E-state index contributed by atoms with van der Waals surface area (Å²) in [6, 6.07) is 5.66. The van der Waals surface area contributed by atoms with Crippen LogP contribution in [0.2, 0.25) is 0 Å². The molecule has 1 aliphatic heterocycles. The Morgan fingerprint density at radius 3 is 2.36 bits per heavy atom. The van der Waals surface area contributed by atoms with Crippen molar-refractivity contribution >= 4 is 5.78 Å². The first kappa shape index (κ1) is 14.0. The highest BCUT2D eigenvalue weighted by molar-refractivity contribution is 6.05. The monoisotopic (exact) mass is 304 g/mol. The molecule has 0 aromatic heterocycles. The van der Waals surface area contributed by atoms with Crippen LogP contribution >= 0.6 is 0 Å². The fraction of sp³-hybridized carbons (Fsp3) is 0.133. The van der Waals surface area contributed by atoms with Gasteiger partial charge in [0.1, 0.15) is 34.3 Å². The van der Waals surface area contributed by atoms with Gasteiger partial charge < -0.3 is 30.3 Å². The van der Waals surface area contributed by atoms with E-state index in [2.05, 4.69) is 0 Å². The van der Waals surface area contributed by atoms with Gasteiger partial charge in [-0.15, -0.1) is 0 Å². The lowest BCUT2D eigenvalue weighted by Gasteiger charge is -2.30. The van der Waals surface area contributed by atoms with E-state index in [4.69, 9.17) is 4.74 Å². The summed E-state index contributed by atoms with van der Waals surface area (Å²) in [5.41, 5.74) is -0.240. The van der Waals surface area contributed by atoms with Gasteiger partial charge in [0.25, 0.3) is 0 Å². The molecule has 0 radical (unpaired) electrons. The van der Waals surface area contributed by atoms with Crippen molar-refractivity contribution in [2.75, 3.05) is 0 Å². The molecule has 7 nitrogen and oxygen atoms in total. The molecular formula is C15H12O7. The molecule has 1 heterocycles. The second kappa shape index (κ2) is 4.81. The Balaban J connectivity index is 2.13. The quantitative estimate of drug-likeness (QED) is 0.501. The molecule has 0 bridgehead atoms. The first-order valence-electron chi connectivity index (χ1n) is 6.35.